The van der Waals surface area contributed by atoms with Gasteiger partial charge in [-0.25, -0.2) is 4.98 Å². The van der Waals surface area contributed by atoms with E-state index in [1.54, 1.807) is 24.3 Å². The summed E-state index contributed by atoms with van der Waals surface area (Å²) in [6.07, 6.45) is -3.26. The Kier molecular flexibility index (Phi) is 6.25. The number of H-pyrrole nitrogens is 1. The van der Waals surface area contributed by atoms with Gasteiger partial charge in [0.25, 0.3) is 0 Å². The number of alkyl halides is 3. The van der Waals surface area contributed by atoms with Crippen LogP contribution in [0.15, 0.2) is 58.4 Å². The Bertz CT molecular complexity index is 950. The van der Waals surface area contributed by atoms with E-state index in [1.807, 2.05) is 0 Å². The first-order valence-electron chi connectivity index (χ1n) is 7.74. The summed E-state index contributed by atoms with van der Waals surface area (Å²) >= 11 is 4.36. The second-order valence-corrected chi connectivity index (χ2v) is 7.27. The Hall–Kier alpha value is -2.53. The lowest BCUT2D eigenvalue weighted by atomic mass is 10.1. The average Bonchev–Trinajstić information content (AvgIpc) is 3.16. The Morgan fingerprint density at radius 2 is 1.96 bits per heavy atom. The fraction of sp³-hybridized carbons (Fsp3) is 0.118. The van der Waals surface area contributed by atoms with Gasteiger partial charge in [0.05, 0.1) is 17.0 Å². The molecule has 2 aromatic carbocycles. The minimum Gasteiger partial charge on any atom is -0.455 e. The fourth-order valence-electron chi connectivity index (χ4n) is 2.11. The maximum atomic E-state index is 13.1. The lowest BCUT2D eigenvalue weighted by Crippen LogP contribution is -2.16. The van der Waals surface area contributed by atoms with Crippen LogP contribution in [0.1, 0.15) is 5.56 Å². The van der Waals surface area contributed by atoms with Crippen molar-refractivity contribution in [2.75, 3.05) is 11.1 Å². The number of aromatic nitrogens is 3. The molecule has 146 valence electrons. The van der Waals surface area contributed by atoms with E-state index in [9.17, 15) is 18.0 Å². The number of benzene rings is 2. The van der Waals surface area contributed by atoms with E-state index in [0.717, 1.165) is 28.4 Å². The zero-order valence-electron chi connectivity index (χ0n) is 14.0. The normalized spacial score (nSPS) is 11.3. The Morgan fingerprint density at radius 3 is 2.61 bits per heavy atom. The van der Waals surface area contributed by atoms with Gasteiger partial charge in [0.2, 0.25) is 5.91 Å². The number of hydrogen-bond acceptors (Lipinski definition) is 5. The van der Waals surface area contributed by atoms with Crippen molar-refractivity contribution in [3.8, 4) is 11.5 Å². The molecule has 0 aliphatic heterocycles. The van der Waals surface area contributed by atoms with Crippen LogP contribution in [0.3, 0.4) is 0 Å². The van der Waals surface area contributed by atoms with Crippen molar-refractivity contribution in [3.05, 3.63) is 58.8 Å². The summed E-state index contributed by atoms with van der Waals surface area (Å²) in [6.45, 7) is 0. The van der Waals surface area contributed by atoms with Crippen LogP contribution in [0.4, 0.5) is 18.9 Å². The third kappa shape index (κ3) is 5.49. The predicted molar refractivity (Wildman–Crippen MR) is 101 cm³/mol. The van der Waals surface area contributed by atoms with Gasteiger partial charge < -0.3 is 10.1 Å². The zero-order chi connectivity index (χ0) is 20.1. The van der Waals surface area contributed by atoms with Gasteiger partial charge in [-0.05, 0) is 42.5 Å². The molecule has 2 N–H and O–H groups in total. The summed E-state index contributed by atoms with van der Waals surface area (Å²) in [5.74, 6) is -0.0763. The molecule has 1 amide bonds. The topological polar surface area (TPSA) is 79.9 Å². The van der Waals surface area contributed by atoms with Gasteiger partial charge >= 0.3 is 6.18 Å². The number of hydrogen-bond donors (Lipinski definition) is 2. The summed E-state index contributed by atoms with van der Waals surface area (Å²) < 4.78 is 45.6. The van der Waals surface area contributed by atoms with Gasteiger partial charge in [0, 0.05) is 4.47 Å². The molecule has 0 atom stereocenters. The first-order chi connectivity index (χ1) is 13.3. The molecule has 11 heteroatoms. The molecule has 0 fully saturated rings. The molecule has 1 heterocycles. The van der Waals surface area contributed by atoms with Crippen LogP contribution in [-0.4, -0.2) is 26.8 Å². The van der Waals surface area contributed by atoms with Gasteiger partial charge in [-0.1, -0.05) is 27.7 Å². The van der Waals surface area contributed by atoms with Crippen molar-refractivity contribution in [2.24, 2.45) is 0 Å². The molecule has 0 bridgehead atoms. The van der Waals surface area contributed by atoms with Crippen LogP contribution in [0.2, 0.25) is 0 Å². The van der Waals surface area contributed by atoms with Crippen molar-refractivity contribution >= 4 is 39.3 Å². The van der Waals surface area contributed by atoms with Crippen LogP contribution < -0.4 is 10.1 Å². The number of nitrogens with zero attached hydrogens (tertiary/aromatic N) is 2. The van der Waals surface area contributed by atoms with Crippen LogP contribution in [0, 0.1) is 0 Å². The highest BCUT2D eigenvalue weighted by molar-refractivity contribution is 9.10. The third-order valence-corrected chi connectivity index (χ3v) is 4.76. The smallest absolute Gasteiger partial charge is 0.416 e. The van der Waals surface area contributed by atoms with Crippen LogP contribution in [0.25, 0.3) is 0 Å². The first kappa shape index (κ1) is 20.2. The molecule has 1 aromatic heterocycles. The highest BCUT2D eigenvalue weighted by Crippen LogP contribution is 2.37. The van der Waals surface area contributed by atoms with Crippen molar-refractivity contribution in [3.63, 3.8) is 0 Å². The van der Waals surface area contributed by atoms with E-state index in [1.165, 1.54) is 12.4 Å². The molecular weight excluding hydrogens is 461 g/mol. The number of aromatic amines is 1. The summed E-state index contributed by atoms with van der Waals surface area (Å²) in [6, 6.07) is 9.65. The molecule has 6 nitrogen and oxygen atoms in total. The number of thioether (sulfide) groups is 1. The monoisotopic (exact) mass is 472 g/mol. The zero-order valence-corrected chi connectivity index (χ0v) is 16.4. The highest BCUT2D eigenvalue weighted by atomic mass is 79.9. The minimum atomic E-state index is -4.55. The largest absolute Gasteiger partial charge is 0.455 e. The number of halogens is 4. The second-order valence-electron chi connectivity index (χ2n) is 5.39. The number of ether oxygens (including phenoxy) is 1. The molecule has 0 unspecified atom stereocenters. The predicted octanol–water partition coefficient (Wildman–Crippen LogP) is 5.11. The van der Waals surface area contributed by atoms with Gasteiger partial charge in [-0.2, -0.15) is 18.3 Å². The number of amides is 1. The van der Waals surface area contributed by atoms with E-state index >= 15 is 0 Å². The summed E-state index contributed by atoms with van der Waals surface area (Å²) in [4.78, 5) is 16.0. The van der Waals surface area contributed by atoms with Crippen LogP contribution >= 0.6 is 27.7 Å². The van der Waals surface area contributed by atoms with Crippen molar-refractivity contribution in [2.45, 2.75) is 11.3 Å². The number of rotatable bonds is 6. The Balaban J connectivity index is 1.80. The first-order valence-corrected chi connectivity index (χ1v) is 9.52. The number of anilines is 1. The molecule has 0 saturated carbocycles. The van der Waals surface area contributed by atoms with E-state index in [-0.39, 0.29) is 17.2 Å². The molecular formula is C17H12BrF3N4O2S. The Labute approximate surface area is 170 Å². The minimum absolute atomic E-state index is 0.0663. The molecule has 3 aromatic rings. The molecule has 0 aliphatic rings. The summed E-state index contributed by atoms with van der Waals surface area (Å²) in [7, 11) is 0. The fourth-order valence-corrected chi connectivity index (χ4v) is 2.95. The molecule has 3 rings (SSSR count). The van der Waals surface area contributed by atoms with Crippen molar-refractivity contribution in [1.29, 1.82) is 0 Å². The highest BCUT2D eigenvalue weighted by Gasteiger charge is 2.31. The quantitative estimate of drug-likeness (QED) is 0.487. The maximum absolute atomic E-state index is 13.1. The lowest BCUT2D eigenvalue weighted by molar-refractivity contribution is -0.137. The SMILES string of the molecule is O=C(CSc1ncn[nH]1)Nc1cc(C(F)(F)F)ccc1Oc1ccc(Br)cc1. The standard InChI is InChI=1S/C17H12BrF3N4O2S/c18-11-2-4-12(5-3-11)27-14-6-1-10(17(19,20)21)7-13(14)24-15(26)8-28-16-22-9-23-25-16/h1-7,9H,8H2,(H,24,26)(H,22,23,25). The van der Waals surface area contributed by atoms with Gasteiger partial charge in [-0.3, -0.25) is 9.89 Å². The molecule has 0 saturated heterocycles. The van der Waals surface area contributed by atoms with E-state index in [2.05, 4.69) is 36.4 Å². The lowest BCUT2D eigenvalue weighted by Gasteiger charge is -2.15. The molecule has 0 spiro atoms. The Morgan fingerprint density at radius 1 is 1.21 bits per heavy atom. The van der Waals surface area contributed by atoms with Gasteiger partial charge in [0.1, 0.15) is 12.1 Å². The van der Waals surface area contributed by atoms with Crippen LogP contribution in [0.5, 0.6) is 11.5 Å². The van der Waals surface area contributed by atoms with Gasteiger partial charge in [0.15, 0.2) is 10.9 Å². The van der Waals surface area contributed by atoms with Crippen molar-refractivity contribution < 1.29 is 22.7 Å². The maximum Gasteiger partial charge on any atom is 0.416 e. The molecule has 0 aliphatic carbocycles. The third-order valence-electron chi connectivity index (χ3n) is 3.36. The molecule has 0 radical (unpaired) electrons. The van der Waals surface area contributed by atoms with E-state index in [4.69, 9.17) is 4.74 Å². The van der Waals surface area contributed by atoms with Gasteiger partial charge in [-0.15, -0.1) is 0 Å². The van der Waals surface area contributed by atoms with Crippen LogP contribution in [-0.2, 0) is 11.0 Å². The number of carbonyl (C=O) groups is 1. The second kappa shape index (κ2) is 8.65. The van der Waals surface area contributed by atoms with E-state index in [0.29, 0.717) is 10.9 Å². The molecule has 28 heavy (non-hydrogen) atoms. The van der Waals surface area contributed by atoms with Crippen molar-refractivity contribution in [1.82, 2.24) is 15.2 Å². The van der Waals surface area contributed by atoms with E-state index < -0.39 is 17.6 Å². The number of carbonyl (C=O) groups excluding carboxylic acids is 1. The average molecular weight is 473 g/mol. The summed E-state index contributed by atoms with van der Waals surface area (Å²) in [5.41, 5.74) is -0.977. The summed E-state index contributed by atoms with van der Waals surface area (Å²) in [5, 5.41) is 9.11. The number of nitrogens with one attached hydrogen (secondary N) is 2.